The number of nitrogens with one attached hydrogen (secondary N) is 1. The average molecular weight is 426 g/mol. The van der Waals surface area contributed by atoms with E-state index in [1.165, 1.54) is 23.5 Å². The quantitative estimate of drug-likeness (QED) is 0.534. The highest BCUT2D eigenvalue weighted by Crippen LogP contribution is 2.26. The fraction of sp³-hybridized carbons (Fsp3) is 0.316. The number of carbonyl (C=O) groups is 1. The topological polar surface area (TPSA) is 91.6 Å². The first-order valence-corrected chi connectivity index (χ1v) is 10.4. The number of amides is 1. The highest BCUT2D eigenvalue weighted by molar-refractivity contribution is 7.22. The molecule has 0 aliphatic carbocycles. The van der Waals surface area contributed by atoms with Gasteiger partial charge in [0.2, 0.25) is 11.6 Å². The number of hydrogen-bond donors (Lipinski definition) is 1. The second kappa shape index (κ2) is 7.58. The molecule has 11 heteroatoms. The molecule has 1 aliphatic heterocycles. The summed E-state index contributed by atoms with van der Waals surface area (Å²) in [6, 6.07) is 4.56. The van der Waals surface area contributed by atoms with Gasteiger partial charge >= 0.3 is 0 Å². The van der Waals surface area contributed by atoms with Gasteiger partial charge in [0, 0.05) is 38.1 Å². The van der Waals surface area contributed by atoms with E-state index in [2.05, 4.69) is 42.2 Å². The van der Waals surface area contributed by atoms with E-state index in [0.29, 0.717) is 15.3 Å². The lowest BCUT2D eigenvalue weighted by Gasteiger charge is -2.40. The Labute approximate surface area is 175 Å². The van der Waals surface area contributed by atoms with Crippen molar-refractivity contribution in [3.63, 3.8) is 0 Å². The van der Waals surface area contributed by atoms with Crippen LogP contribution in [0.2, 0.25) is 0 Å². The molecule has 4 aromatic rings. The second-order valence-corrected chi connectivity index (χ2v) is 8.30. The lowest BCUT2D eigenvalue weighted by molar-refractivity contribution is -0.117. The number of piperazine rings is 1. The molecule has 1 aliphatic rings. The third-order valence-electron chi connectivity index (χ3n) is 5.14. The first-order chi connectivity index (χ1) is 14.6. The SMILES string of the molecule is C[C@H]1CN(CC(=O)Nc2nc3ccc(F)cc3s2)CCN1c1nccn2cnnc12. The molecule has 4 heterocycles. The number of anilines is 2. The maximum atomic E-state index is 13.3. The Bertz CT molecular complexity index is 1220. The van der Waals surface area contributed by atoms with Gasteiger partial charge in [0.1, 0.15) is 12.1 Å². The van der Waals surface area contributed by atoms with Crippen LogP contribution in [0.15, 0.2) is 36.9 Å². The summed E-state index contributed by atoms with van der Waals surface area (Å²) in [4.78, 5) is 25.7. The van der Waals surface area contributed by atoms with E-state index < -0.39 is 0 Å². The Kier molecular flexibility index (Phi) is 4.75. The zero-order chi connectivity index (χ0) is 20.7. The maximum absolute atomic E-state index is 13.3. The lowest BCUT2D eigenvalue weighted by Crippen LogP contribution is -2.53. The number of hydrogen-bond acceptors (Lipinski definition) is 8. The number of carbonyl (C=O) groups excluding carboxylic acids is 1. The highest BCUT2D eigenvalue weighted by atomic mass is 32.1. The first-order valence-electron chi connectivity index (χ1n) is 9.56. The fourth-order valence-corrected chi connectivity index (χ4v) is 4.66. The number of benzene rings is 1. The standard InChI is InChI=1S/C19H19FN8OS/c1-12-9-26(6-7-28(12)17-18-25-22-11-27(18)5-4-21-17)10-16(29)24-19-23-14-3-2-13(20)8-15(14)30-19/h2-5,8,11-12H,6-7,9-10H2,1H3,(H,23,24,29)/t12-/m0/s1. The van der Waals surface area contributed by atoms with Crippen molar-refractivity contribution in [1.82, 2.24) is 29.5 Å². The zero-order valence-corrected chi connectivity index (χ0v) is 17.0. The molecule has 0 spiro atoms. The minimum Gasteiger partial charge on any atom is -0.348 e. The largest absolute Gasteiger partial charge is 0.348 e. The molecule has 154 valence electrons. The van der Waals surface area contributed by atoms with Crippen molar-refractivity contribution < 1.29 is 9.18 Å². The van der Waals surface area contributed by atoms with Crippen LogP contribution < -0.4 is 10.2 Å². The molecule has 5 rings (SSSR count). The molecule has 1 atom stereocenters. The van der Waals surface area contributed by atoms with Crippen LogP contribution in [0.5, 0.6) is 0 Å². The Hall–Kier alpha value is -3.18. The summed E-state index contributed by atoms with van der Waals surface area (Å²) < 4.78 is 15.9. The normalized spacial score (nSPS) is 17.7. The van der Waals surface area contributed by atoms with Gasteiger partial charge in [-0.1, -0.05) is 11.3 Å². The van der Waals surface area contributed by atoms with Gasteiger partial charge in [0.05, 0.1) is 16.8 Å². The molecule has 1 N–H and O–H groups in total. The Morgan fingerprint density at radius 3 is 3.13 bits per heavy atom. The predicted molar refractivity (Wildman–Crippen MR) is 112 cm³/mol. The molecule has 1 amide bonds. The van der Waals surface area contributed by atoms with E-state index in [1.54, 1.807) is 18.6 Å². The van der Waals surface area contributed by atoms with Gasteiger partial charge in [-0.2, -0.15) is 0 Å². The summed E-state index contributed by atoms with van der Waals surface area (Å²) in [7, 11) is 0. The Balaban J connectivity index is 1.22. The van der Waals surface area contributed by atoms with E-state index in [4.69, 9.17) is 0 Å². The minimum atomic E-state index is -0.313. The fourth-order valence-electron chi connectivity index (χ4n) is 3.75. The van der Waals surface area contributed by atoms with E-state index in [9.17, 15) is 9.18 Å². The van der Waals surface area contributed by atoms with Crippen molar-refractivity contribution in [2.45, 2.75) is 13.0 Å². The van der Waals surface area contributed by atoms with Crippen LogP contribution in [0.25, 0.3) is 15.9 Å². The van der Waals surface area contributed by atoms with Crippen molar-refractivity contribution in [1.29, 1.82) is 0 Å². The minimum absolute atomic E-state index is 0.132. The number of aromatic nitrogens is 5. The molecule has 0 saturated carbocycles. The Morgan fingerprint density at radius 2 is 2.27 bits per heavy atom. The molecule has 1 aromatic carbocycles. The van der Waals surface area contributed by atoms with Gasteiger partial charge in [-0.15, -0.1) is 10.2 Å². The highest BCUT2D eigenvalue weighted by Gasteiger charge is 2.27. The Morgan fingerprint density at radius 1 is 1.37 bits per heavy atom. The molecular formula is C19H19FN8OS. The number of nitrogens with zero attached hydrogens (tertiary/aromatic N) is 7. The molecular weight excluding hydrogens is 407 g/mol. The van der Waals surface area contributed by atoms with Crippen molar-refractivity contribution >= 4 is 44.1 Å². The van der Waals surface area contributed by atoms with Crippen molar-refractivity contribution in [3.05, 3.63) is 42.7 Å². The molecule has 0 bridgehead atoms. The van der Waals surface area contributed by atoms with Gasteiger partial charge < -0.3 is 10.2 Å². The zero-order valence-electron chi connectivity index (χ0n) is 16.2. The molecule has 30 heavy (non-hydrogen) atoms. The van der Waals surface area contributed by atoms with Crippen LogP contribution in [-0.4, -0.2) is 67.6 Å². The van der Waals surface area contributed by atoms with Crippen LogP contribution in [0.1, 0.15) is 6.92 Å². The number of thiazole rings is 1. The number of rotatable bonds is 4. The van der Waals surface area contributed by atoms with E-state index in [0.717, 1.165) is 31.1 Å². The van der Waals surface area contributed by atoms with Crippen LogP contribution in [-0.2, 0) is 4.79 Å². The smallest absolute Gasteiger partial charge is 0.240 e. The molecule has 0 radical (unpaired) electrons. The van der Waals surface area contributed by atoms with E-state index >= 15 is 0 Å². The van der Waals surface area contributed by atoms with Gasteiger partial charge in [0.15, 0.2) is 10.9 Å². The van der Waals surface area contributed by atoms with Crippen LogP contribution in [0.3, 0.4) is 0 Å². The summed E-state index contributed by atoms with van der Waals surface area (Å²) in [5.74, 6) is 0.355. The van der Waals surface area contributed by atoms with Gasteiger partial charge in [-0.25, -0.2) is 14.4 Å². The summed E-state index contributed by atoms with van der Waals surface area (Å²) in [5.41, 5.74) is 1.40. The van der Waals surface area contributed by atoms with Gasteiger partial charge in [0.25, 0.3) is 0 Å². The summed E-state index contributed by atoms with van der Waals surface area (Å²) in [6.45, 7) is 4.54. The maximum Gasteiger partial charge on any atom is 0.240 e. The van der Waals surface area contributed by atoms with Crippen molar-refractivity contribution in [2.24, 2.45) is 0 Å². The summed E-state index contributed by atoms with van der Waals surface area (Å²) in [5, 5.41) is 11.4. The van der Waals surface area contributed by atoms with Crippen molar-refractivity contribution in [3.8, 4) is 0 Å². The summed E-state index contributed by atoms with van der Waals surface area (Å²) in [6.07, 6.45) is 5.21. The molecule has 3 aromatic heterocycles. The number of halogens is 1. The van der Waals surface area contributed by atoms with Gasteiger partial charge in [-0.3, -0.25) is 14.1 Å². The van der Waals surface area contributed by atoms with Crippen molar-refractivity contribution in [2.75, 3.05) is 36.4 Å². The van der Waals surface area contributed by atoms with Gasteiger partial charge in [-0.05, 0) is 25.1 Å². The summed E-state index contributed by atoms with van der Waals surface area (Å²) >= 11 is 1.27. The molecule has 1 saturated heterocycles. The van der Waals surface area contributed by atoms with Crippen LogP contribution in [0, 0.1) is 5.82 Å². The van der Waals surface area contributed by atoms with Crippen LogP contribution >= 0.6 is 11.3 Å². The molecule has 9 nitrogen and oxygen atoms in total. The lowest BCUT2D eigenvalue weighted by atomic mass is 10.2. The molecule has 1 fully saturated rings. The monoisotopic (exact) mass is 426 g/mol. The third kappa shape index (κ3) is 3.57. The van der Waals surface area contributed by atoms with E-state index in [1.807, 2.05) is 10.6 Å². The third-order valence-corrected chi connectivity index (χ3v) is 6.08. The second-order valence-electron chi connectivity index (χ2n) is 7.27. The number of fused-ring (bicyclic) bond motifs is 2. The molecule has 0 unspecified atom stereocenters. The van der Waals surface area contributed by atoms with Crippen LogP contribution in [0.4, 0.5) is 15.3 Å². The first kappa shape index (κ1) is 18.8. The average Bonchev–Trinajstić information content (AvgIpc) is 3.34. The van der Waals surface area contributed by atoms with E-state index in [-0.39, 0.29) is 24.3 Å². The predicted octanol–water partition coefficient (Wildman–Crippen LogP) is 2.02.